The summed E-state index contributed by atoms with van der Waals surface area (Å²) in [5, 5.41) is 9.10. The number of hydrogen-bond acceptors (Lipinski definition) is 3. The molecule has 1 saturated carbocycles. The summed E-state index contributed by atoms with van der Waals surface area (Å²) < 4.78 is 13.3. The third-order valence-corrected chi connectivity index (χ3v) is 5.83. The van der Waals surface area contributed by atoms with Gasteiger partial charge in [-0.2, -0.15) is 0 Å². The van der Waals surface area contributed by atoms with E-state index in [4.69, 9.17) is 5.11 Å². The third kappa shape index (κ3) is 5.09. The van der Waals surface area contributed by atoms with E-state index in [9.17, 15) is 18.8 Å². The molecule has 1 aromatic carbocycles. The molecule has 1 aliphatic carbocycles. The van der Waals surface area contributed by atoms with Crippen molar-refractivity contribution >= 4 is 17.8 Å². The Hall–Kier alpha value is -2.44. The topological polar surface area (TPSA) is 77.9 Å². The van der Waals surface area contributed by atoms with Crippen molar-refractivity contribution in [1.82, 2.24) is 9.80 Å². The van der Waals surface area contributed by atoms with Gasteiger partial charge in [0.15, 0.2) is 0 Å². The molecule has 0 bridgehead atoms. The maximum Gasteiger partial charge on any atom is 0.306 e. The van der Waals surface area contributed by atoms with E-state index in [-0.39, 0.29) is 35.9 Å². The molecule has 0 atom stereocenters. The van der Waals surface area contributed by atoms with Crippen LogP contribution in [0.1, 0.15) is 37.7 Å². The van der Waals surface area contributed by atoms with Gasteiger partial charge in [0.2, 0.25) is 11.8 Å². The van der Waals surface area contributed by atoms with E-state index in [2.05, 4.69) is 0 Å². The highest BCUT2D eigenvalue weighted by Gasteiger charge is 2.33. The van der Waals surface area contributed by atoms with Gasteiger partial charge < -0.3 is 14.9 Å². The largest absolute Gasteiger partial charge is 0.481 e. The Bertz CT molecular complexity index is 731. The molecule has 2 aliphatic rings. The molecule has 1 aromatic rings. The molecular weight excluding hydrogens is 363 g/mol. The third-order valence-electron chi connectivity index (χ3n) is 5.83. The van der Waals surface area contributed by atoms with Crippen molar-refractivity contribution in [2.75, 3.05) is 26.2 Å². The number of benzene rings is 1. The molecule has 6 nitrogen and oxygen atoms in total. The number of carbonyl (C=O) groups excluding carboxylic acids is 2. The van der Waals surface area contributed by atoms with Gasteiger partial charge >= 0.3 is 5.97 Å². The molecule has 7 heteroatoms. The average molecular weight is 390 g/mol. The predicted octanol–water partition coefficient (Wildman–Crippen LogP) is 2.32. The van der Waals surface area contributed by atoms with Crippen molar-refractivity contribution in [3.63, 3.8) is 0 Å². The number of aliphatic carboxylic acids is 1. The molecule has 0 aromatic heterocycles. The summed E-state index contributed by atoms with van der Waals surface area (Å²) in [5.41, 5.74) is 0.650. The van der Waals surface area contributed by atoms with Crippen LogP contribution in [-0.4, -0.2) is 58.9 Å². The van der Waals surface area contributed by atoms with Crippen LogP contribution in [0.15, 0.2) is 24.3 Å². The van der Waals surface area contributed by atoms with Gasteiger partial charge in [-0.25, -0.2) is 4.39 Å². The standard InChI is InChI=1S/C21H27FN2O4/c22-18-4-1-3-15(13-18)14-19(25)23-9-2-10-24(12-11-23)20(26)16-5-7-17(8-6-16)21(27)28/h1,3-4,13,16-17H,2,5-12,14H2,(H,27,28). The van der Waals surface area contributed by atoms with E-state index >= 15 is 0 Å². The maximum atomic E-state index is 13.3. The van der Waals surface area contributed by atoms with Gasteiger partial charge in [-0.1, -0.05) is 12.1 Å². The quantitative estimate of drug-likeness (QED) is 0.856. The first kappa shape index (κ1) is 20.3. The van der Waals surface area contributed by atoms with E-state index in [0.29, 0.717) is 63.8 Å². The van der Waals surface area contributed by atoms with Crippen molar-refractivity contribution in [2.45, 2.75) is 38.5 Å². The Kier molecular flexibility index (Phi) is 6.65. The second kappa shape index (κ2) is 9.17. The van der Waals surface area contributed by atoms with Crippen LogP contribution >= 0.6 is 0 Å². The fourth-order valence-electron chi connectivity index (χ4n) is 4.17. The fraction of sp³-hybridized carbons (Fsp3) is 0.571. The van der Waals surface area contributed by atoms with E-state index in [1.165, 1.54) is 12.1 Å². The Morgan fingerprint density at radius 1 is 0.964 bits per heavy atom. The molecule has 1 N–H and O–H groups in total. The molecule has 1 heterocycles. The lowest BCUT2D eigenvalue weighted by Gasteiger charge is -2.30. The van der Waals surface area contributed by atoms with Crippen LogP contribution < -0.4 is 0 Å². The van der Waals surface area contributed by atoms with Gasteiger partial charge in [-0.3, -0.25) is 14.4 Å². The Morgan fingerprint density at radius 2 is 1.61 bits per heavy atom. The van der Waals surface area contributed by atoms with Crippen LogP contribution in [0.3, 0.4) is 0 Å². The summed E-state index contributed by atoms with van der Waals surface area (Å²) in [6.07, 6.45) is 3.22. The highest BCUT2D eigenvalue weighted by atomic mass is 19.1. The molecule has 28 heavy (non-hydrogen) atoms. The van der Waals surface area contributed by atoms with E-state index in [0.717, 1.165) is 0 Å². The zero-order valence-electron chi connectivity index (χ0n) is 16.0. The van der Waals surface area contributed by atoms with Gasteiger partial charge in [0.25, 0.3) is 0 Å². The lowest BCUT2D eigenvalue weighted by molar-refractivity contribution is -0.145. The molecular formula is C21H27FN2O4. The van der Waals surface area contributed by atoms with Crippen molar-refractivity contribution in [3.8, 4) is 0 Å². The van der Waals surface area contributed by atoms with Crippen LogP contribution in [0.2, 0.25) is 0 Å². The lowest BCUT2D eigenvalue weighted by atomic mass is 9.81. The monoisotopic (exact) mass is 390 g/mol. The number of carbonyl (C=O) groups is 3. The highest BCUT2D eigenvalue weighted by molar-refractivity contribution is 5.81. The molecule has 0 radical (unpaired) electrons. The molecule has 2 amide bonds. The second-order valence-electron chi connectivity index (χ2n) is 7.75. The number of hydrogen-bond donors (Lipinski definition) is 1. The summed E-state index contributed by atoms with van der Waals surface area (Å²) in [7, 11) is 0. The van der Waals surface area contributed by atoms with Gasteiger partial charge in [0.05, 0.1) is 12.3 Å². The Labute approximate surface area is 164 Å². The number of amides is 2. The number of carboxylic acids is 1. The summed E-state index contributed by atoms with van der Waals surface area (Å²) in [6.45, 7) is 2.17. The predicted molar refractivity (Wildman–Crippen MR) is 101 cm³/mol. The Morgan fingerprint density at radius 3 is 2.29 bits per heavy atom. The van der Waals surface area contributed by atoms with Crippen LogP contribution in [0.5, 0.6) is 0 Å². The summed E-state index contributed by atoms with van der Waals surface area (Å²) >= 11 is 0. The SMILES string of the molecule is O=C(O)C1CCC(C(=O)N2CCCN(C(=O)Cc3cccc(F)c3)CC2)CC1. The molecule has 3 rings (SSSR count). The zero-order chi connectivity index (χ0) is 20.1. The van der Waals surface area contributed by atoms with Crippen molar-refractivity contribution in [1.29, 1.82) is 0 Å². The number of carboxylic acid groups (broad SMARTS) is 1. The molecule has 2 fully saturated rings. The molecule has 0 spiro atoms. The van der Waals surface area contributed by atoms with E-state index in [1.807, 2.05) is 4.90 Å². The minimum atomic E-state index is -0.770. The zero-order valence-corrected chi connectivity index (χ0v) is 16.0. The minimum Gasteiger partial charge on any atom is -0.481 e. The normalized spacial score (nSPS) is 23.2. The van der Waals surface area contributed by atoms with Crippen molar-refractivity contribution in [3.05, 3.63) is 35.6 Å². The summed E-state index contributed by atoms with van der Waals surface area (Å²) in [4.78, 5) is 40.0. The van der Waals surface area contributed by atoms with Crippen LogP contribution in [0.25, 0.3) is 0 Å². The number of rotatable bonds is 4. The van der Waals surface area contributed by atoms with Gasteiger partial charge in [0, 0.05) is 32.1 Å². The molecule has 152 valence electrons. The van der Waals surface area contributed by atoms with Gasteiger partial charge in [-0.15, -0.1) is 0 Å². The minimum absolute atomic E-state index is 0.0538. The molecule has 1 saturated heterocycles. The number of nitrogens with zero attached hydrogens (tertiary/aromatic N) is 2. The van der Waals surface area contributed by atoms with Gasteiger partial charge in [-0.05, 0) is 49.8 Å². The maximum absolute atomic E-state index is 13.3. The van der Waals surface area contributed by atoms with E-state index in [1.54, 1.807) is 17.0 Å². The van der Waals surface area contributed by atoms with E-state index < -0.39 is 5.97 Å². The summed E-state index contributed by atoms with van der Waals surface area (Å²) in [5.74, 6) is -1.52. The molecule has 0 unspecified atom stereocenters. The molecule has 1 aliphatic heterocycles. The first-order valence-corrected chi connectivity index (χ1v) is 9.98. The summed E-state index contributed by atoms with van der Waals surface area (Å²) in [6, 6.07) is 6.06. The number of halogens is 1. The van der Waals surface area contributed by atoms with Crippen LogP contribution in [-0.2, 0) is 20.8 Å². The van der Waals surface area contributed by atoms with Crippen LogP contribution in [0, 0.1) is 17.7 Å². The van der Waals surface area contributed by atoms with Crippen molar-refractivity contribution in [2.24, 2.45) is 11.8 Å². The van der Waals surface area contributed by atoms with Gasteiger partial charge in [0.1, 0.15) is 5.82 Å². The van der Waals surface area contributed by atoms with Crippen molar-refractivity contribution < 1.29 is 23.9 Å². The highest BCUT2D eigenvalue weighted by Crippen LogP contribution is 2.30. The average Bonchev–Trinajstić information content (AvgIpc) is 2.94. The lowest BCUT2D eigenvalue weighted by Crippen LogP contribution is -2.41. The first-order valence-electron chi connectivity index (χ1n) is 9.98. The van der Waals surface area contributed by atoms with Crippen LogP contribution in [0.4, 0.5) is 4.39 Å². The smallest absolute Gasteiger partial charge is 0.306 e. The Balaban J connectivity index is 1.51. The first-order chi connectivity index (χ1) is 13.4. The second-order valence-corrected chi connectivity index (χ2v) is 7.75. The fourth-order valence-corrected chi connectivity index (χ4v) is 4.17.